The first-order valence-electron chi connectivity index (χ1n) is 15.5. The quantitative estimate of drug-likeness (QED) is 0.161. The van der Waals surface area contributed by atoms with Gasteiger partial charge in [0.2, 0.25) is 12.7 Å². The maximum Gasteiger partial charge on any atom is 0.352 e. The number of amides is 2. The van der Waals surface area contributed by atoms with Gasteiger partial charge in [0.1, 0.15) is 30.4 Å². The SMILES string of the molecule is C=C(C(=O)N[C@@H]1C(=O)N2C(C(=O)O)=C(CN3CCN(c4cc5c(cc4F)c(=O)c(C(=O)O)cn5C4CC4)CC3)C[B][C@H]12)C1=C[B]C(N)=N1. The number of carbonyl (C=O) groups is 4. The number of nitrogens with two attached hydrogens (primary N) is 1. The Morgan fingerprint density at radius 2 is 1.83 bits per heavy atom. The minimum atomic E-state index is -1.35. The van der Waals surface area contributed by atoms with Crippen LogP contribution in [0.15, 0.2) is 63.2 Å². The topological polar surface area (TPSA) is 191 Å². The van der Waals surface area contributed by atoms with Gasteiger partial charge in [0, 0.05) is 56.3 Å². The molecule has 5 heterocycles. The molecule has 0 unspecified atom stereocenters. The first-order chi connectivity index (χ1) is 22.9. The molecule has 2 amide bonds. The number of aromatic carboxylic acids is 1. The number of amidine groups is 1. The van der Waals surface area contributed by atoms with Crippen LogP contribution in [0.3, 0.4) is 0 Å². The number of anilines is 1. The second-order valence-corrected chi connectivity index (χ2v) is 12.5. The average Bonchev–Trinajstić information content (AvgIpc) is 3.82. The first kappa shape index (κ1) is 31.4. The summed E-state index contributed by atoms with van der Waals surface area (Å²) in [5.41, 5.74) is 6.29. The largest absolute Gasteiger partial charge is 0.477 e. The first-order valence-corrected chi connectivity index (χ1v) is 15.5. The van der Waals surface area contributed by atoms with Crippen LogP contribution in [0.2, 0.25) is 6.32 Å². The lowest BCUT2D eigenvalue weighted by atomic mass is 9.54. The standard InChI is InChI=1S/C31H30B2FN7O7/c1-14(20-11-33-31(35)36-20)27(43)37-23-26-32-10-15(24(30(47)48)41(26)28(23)44)12-38-4-6-39(7-5-38)22-9-21-17(8-19(22)34)25(42)18(29(45)46)13-40(21)16-2-3-16/h8-9,11,13,16,23,26H,1-7,10,12H2,(H2,35,36)(H,37,43)(H,45,46)(H,47,48)/t23-,26-/m0/s1. The second-order valence-electron chi connectivity index (χ2n) is 12.5. The number of piperazine rings is 1. The smallest absolute Gasteiger partial charge is 0.352 e. The number of carboxylic acid groups (broad SMARTS) is 2. The number of β-lactam (4-membered cyclic amide) rings is 1. The zero-order valence-electron chi connectivity index (χ0n) is 25.7. The van der Waals surface area contributed by atoms with Gasteiger partial charge in [-0.2, -0.15) is 0 Å². The molecule has 3 fully saturated rings. The number of halogens is 1. The number of hydrogen-bond donors (Lipinski definition) is 4. The van der Waals surface area contributed by atoms with Crippen molar-refractivity contribution in [2.24, 2.45) is 10.7 Å². The van der Waals surface area contributed by atoms with Crippen molar-refractivity contribution in [2.45, 2.75) is 37.2 Å². The molecule has 1 aromatic carbocycles. The number of rotatable bonds is 9. The summed E-state index contributed by atoms with van der Waals surface area (Å²) in [5, 5.41) is 22.3. The van der Waals surface area contributed by atoms with E-state index in [-0.39, 0.29) is 46.2 Å². The Kier molecular flexibility index (Phi) is 7.73. The van der Waals surface area contributed by atoms with E-state index in [1.54, 1.807) is 16.6 Å². The molecule has 1 aromatic heterocycles. The van der Waals surface area contributed by atoms with Gasteiger partial charge in [-0.15, -0.1) is 0 Å². The Morgan fingerprint density at radius 3 is 2.46 bits per heavy atom. The highest BCUT2D eigenvalue weighted by atomic mass is 19.1. The number of carboxylic acids is 2. The van der Waals surface area contributed by atoms with Gasteiger partial charge in [-0.25, -0.2) is 19.0 Å². The molecular formula is C31H30B2FN7O7. The molecule has 5 N–H and O–H groups in total. The van der Waals surface area contributed by atoms with Crippen LogP contribution >= 0.6 is 0 Å². The van der Waals surface area contributed by atoms with Gasteiger partial charge in [0.05, 0.1) is 28.2 Å². The minimum absolute atomic E-state index is 0.0261. The number of aliphatic carboxylic acids is 1. The maximum atomic E-state index is 15.4. The van der Waals surface area contributed by atoms with Crippen molar-refractivity contribution in [1.82, 2.24) is 19.7 Å². The predicted octanol–water partition coefficient (Wildman–Crippen LogP) is -0.146. The highest BCUT2D eigenvalue weighted by Crippen LogP contribution is 2.38. The molecule has 2 saturated heterocycles. The third-order valence-electron chi connectivity index (χ3n) is 9.46. The fraction of sp³-hybridized carbons (Fsp3) is 0.355. The number of benzene rings is 1. The normalized spacial score (nSPS) is 22.3. The summed E-state index contributed by atoms with van der Waals surface area (Å²) in [5.74, 6) is -3.46. The molecule has 2 radical (unpaired) electrons. The van der Waals surface area contributed by atoms with Crippen LogP contribution in [0.4, 0.5) is 10.1 Å². The van der Waals surface area contributed by atoms with Crippen molar-refractivity contribution in [3.8, 4) is 0 Å². The average molecular weight is 653 g/mol. The van der Waals surface area contributed by atoms with Crippen molar-refractivity contribution in [1.29, 1.82) is 0 Å². The van der Waals surface area contributed by atoms with Crippen molar-refractivity contribution in [2.75, 3.05) is 37.6 Å². The molecule has 244 valence electrons. The number of pyridine rings is 1. The Hall–Kier alpha value is -5.18. The van der Waals surface area contributed by atoms with Gasteiger partial charge >= 0.3 is 11.9 Å². The zero-order valence-corrected chi connectivity index (χ0v) is 25.7. The van der Waals surface area contributed by atoms with E-state index < -0.39 is 47.0 Å². The monoisotopic (exact) mass is 653 g/mol. The van der Waals surface area contributed by atoms with Gasteiger partial charge < -0.3 is 35.6 Å². The van der Waals surface area contributed by atoms with Crippen molar-refractivity contribution < 1.29 is 33.8 Å². The Labute approximate surface area is 274 Å². The van der Waals surface area contributed by atoms with E-state index in [2.05, 4.69) is 16.9 Å². The number of nitrogens with one attached hydrogen (secondary N) is 1. The molecule has 5 aliphatic rings. The molecule has 2 aromatic rings. The third kappa shape index (κ3) is 5.37. The highest BCUT2D eigenvalue weighted by Gasteiger charge is 2.53. The maximum absolute atomic E-state index is 15.4. The molecule has 0 bridgehead atoms. The number of carbonyl (C=O) groups excluding carboxylic acids is 2. The lowest BCUT2D eigenvalue weighted by molar-refractivity contribution is -0.151. The summed E-state index contributed by atoms with van der Waals surface area (Å²) in [6, 6.07) is 1.84. The Balaban J connectivity index is 1.03. The lowest BCUT2D eigenvalue weighted by Crippen LogP contribution is -2.74. The highest BCUT2D eigenvalue weighted by molar-refractivity contribution is 6.79. The van der Waals surface area contributed by atoms with Crippen LogP contribution in [-0.4, -0.2) is 113 Å². The molecule has 2 atom stereocenters. The summed E-state index contributed by atoms with van der Waals surface area (Å²) in [7, 11) is 3.34. The molecule has 7 rings (SSSR count). The van der Waals surface area contributed by atoms with Crippen LogP contribution < -0.4 is 21.4 Å². The lowest BCUT2D eigenvalue weighted by Gasteiger charge is -2.50. The van der Waals surface area contributed by atoms with Crippen LogP contribution in [-0.2, 0) is 14.4 Å². The molecule has 17 heteroatoms. The van der Waals surface area contributed by atoms with Gasteiger partial charge in [0.15, 0.2) is 0 Å². The fourth-order valence-electron chi connectivity index (χ4n) is 6.80. The van der Waals surface area contributed by atoms with E-state index in [9.17, 15) is 34.2 Å². The van der Waals surface area contributed by atoms with E-state index >= 15 is 4.39 Å². The van der Waals surface area contributed by atoms with E-state index in [0.717, 1.165) is 18.9 Å². The van der Waals surface area contributed by atoms with Gasteiger partial charge in [-0.1, -0.05) is 18.9 Å². The fourth-order valence-corrected chi connectivity index (χ4v) is 6.80. The molecule has 4 aliphatic heterocycles. The van der Waals surface area contributed by atoms with E-state index in [0.29, 0.717) is 49.3 Å². The summed E-state index contributed by atoms with van der Waals surface area (Å²) in [4.78, 5) is 71.9. The molecular weight excluding hydrogens is 623 g/mol. The number of aromatic nitrogens is 1. The summed E-state index contributed by atoms with van der Waals surface area (Å²) in [6.07, 6.45) is 3.32. The van der Waals surface area contributed by atoms with Gasteiger partial charge in [-0.05, 0) is 30.5 Å². The Morgan fingerprint density at radius 1 is 1.10 bits per heavy atom. The van der Waals surface area contributed by atoms with Crippen molar-refractivity contribution in [3.05, 3.63) is 75.0 Å². The number of aliphatic imine (C=N–C) groups is 1. The second kappa shape index (κ2) is 11.8. The molecule has 0 spiro atoms. The van der Waals surface area contributed by atoms with E-state index in [1.165, 1.54) is 18.4 Å². The molecule has 1 aliphatic carbocycles. The molecule has 1 saturated carbocycles. The van der Waals surface area contributed by atoms with E-state index in [1.807, 2.05) is 17.1 Å². The Bertz CT molecular complexity index is 1980. The van der Waals surface area contributed by atoms with Gasteiger partial charge in [0.25, 0.3) is 11.8 Å². The number of fused-ring (bicyclic) bond motifs is 2. The van der Waals surface area contributed by atoms with Crippen LogP contribution in [0.5, 0.6) is 0 Å². The van der Waals surface area contributed by atoms with E-state index in [4.69, 9.17) is 5.73 Å². The minimum Gasteiger partial charge on any atom is -0.477 e. The van der Waals surface area contributed by atoms with Crippen LogP contribution in [0.1, 0.15) is 29.2 Å². The molecule has 14 nitrogen and oxygen atoms in total. The summed E-state index contributed by atoms with van der Waals surface area (Å²) >= 11 is 0. The van der Waals surface area contributed by atoms with Crippen molar-refractivity contribution >= 4 is 60.6 Å². The van der Waals surface area contributed by atoms with Crippen molar-refractivity contribution in [3.63, 3.8) is 0 Å². The van der Waals surface area contributed by atoms with Crippen LogP contribution in [0, 0.1) is 5.82 Å². The summed E-state index contributed by atoms with van der Waals surface area (Å²) < 4.78 is 17.2. The zero-order chi connectivity index (χ0) is 34.0. The summed E-state index contributed by atoms with van der Waals surface area (Å²) in [6.45, 7) is 5.78. The number of nitrogens with zero attached hydrogens (tertiary/aromatic N) is 5. The third-order valence-corrected chi connectivity index (χ3v) is 9.46. The van der Waals surface area contributed by atoms with Gasteiger partial charge in [-0.3, -0.25) is 19.3 Å². The number of hydrogen-bond acceptors (Lipinski definition) is 9. The molecule has 48 heavy (non-hydrogen) atoms. The predicted molar refractivity (Wildman–Crippen MR) is 174 cm³/mol. The van der Waals surface area contributed by atoms with Crippen LogP contribution in [0.25, 0.3) is 10.9 Å².